The Kier molecular flexibility index (Phi) is 9.94. The van der Waals surface area contributed by atoms with Gasteiger partial charge in [-0.3, -0.25) is 9.59 Å². The molecule has 0 heterocycles. The highest BCUT2D eigenvalue weighted by molar-refractivity contribution is 6.00. The van der Waals surface area contributed by atoms with Crippen molar-refractivity contribution in [2.45, 2.75) is 58.7 Å². The van der Waals surface area contributed by atoms with Crippen LogP contribution in [0.5, 0.6) is 5.75 Å². The number of likely N-dealkylation sites (N-methyl/N-ethyl adjacent to an activating group) is 1. The molecule has 3 aromatic rings. The molecule has 0 aliphatic rings. The minimum atomic E-state index is -1.06. The molecule has 3 aromatic carbocycles. The number of para-hydroxylation sites is 1. The van der Waals surface area contributed by atoms with E-state index in [9.17, 15) is 19.5 Å². The van der Waals surface area contributed by atoms with Crippen LogP contribution in [0, 0.1) is 13.8 Å². The summed E-state index contributed by atoms with van der Waals surface area (Å²) in [6.45, 7) is 12.8. The molecule has 0 saturated carbocycles. The molecule has 3 amide bonds. The van der Waals surface area contributed by atoms with Gasteiger partial charge in [-0.05, 0) is 80.6 Å². The number of hydrogen-bond donors (Lipinski definition) is 3. The van der Waals surface area contributed by atoms with Crippen LogP contribution in [-0.4, -0.2) is 46.6 Å². The second kappa shape index (κ2) is 13.2. The zero-order valence-corrected chi connectivity index (χ0v) is 24.5. The number of carbonyl (C=O) groups excluding carboxylic acids is 3. The van der Waals surface area contributed by atoms with Crippen molar-refractivity contribution in [1.29, 1.82) is 0 Å². The molecule has 0 bridgehead atoms. The number of carbonyl (C=O) groups is 3. The first-order valence-electron chi connectivity index (χ1n) is 13.4. The topological polar surface area (TPSA) is 108 Å². The quantitative estimate of drug-likeness (QED) is 0.302. The number of aryl methyl sites for hydroxylation is 2. The number of hydrogen-bond acceptors (Lipinski definition) is 5. The molecule has 0 spiro atoms. The van der Waals surface area contributed by atoms with Gasteiger partial charge in [-0.15, -0.1) is 0 Å². The first-order chi connectivity index (χ1) is 19.3. The summed E-state index contributed by atoms with van der Waals surface area (Å²) in [5, 5.41) is 15.4. The maximum atomic E-state index is 14.1. The molecule has 0 aliphatic heterocycles. The number of nitrogens with zero attached hydrogens (tertiary/aromatic N) is 1. The number of ether oxygens (including phenoxy) is 1. The van der Waals surface area contributed by atoms with Gasteiger partial charge in [0.1, 0.15) is 23.4 Å². The monoisotopic (exact) mass is 557 g/mol. The third kappa shape index (κ3) is 8.45. The van der Waals surface area contributed by atoms with Crippen molar-refractivity contribution in [3.63, 3.8) is 0 Å². The lowest BCUT2D eigenvalue weighted by atomic mass is 9.99. The fraction of sp³-hybridized carbons (Fsp3) is 0.303. The van der Waals surface area contributed by atoms with Crippen LogP contribution >= 0.6 is 0 Å². The Balaban J connectivity index is 2.01. The van der Waals surface area contributed by atoms with Crippen LogP contribution < -0.4 is 10.6 Å². The molecule has 2 atom stereocenters. The van der Waals surface area contributed by atoms with Gasteiger partial charge in [0, 0.05) is 19.2 Å². The molecule has 0 saturated heterocycles. The van der Waals surface area contributed by atoms with Crippen molar-refractivity contribution in [1.82, 2.24) is 10.2 Å². The third-order valence-corrected chi connectivity index (χ3v) is 6.54. The molecule has 0 radical (unpaired) electrons. The molecule has 8 heteroatoms. The van der Waals surface area contributed by atoms with Gasteiger partial charge in [-0.1, -0.05) is 61.2 Å². The number of phenolic OH excluding ortho intramolecular Hbond substituents is 1. The van der Waals surface area contributed by atoms with E-state index in [-0.39, 0.29) is 12.2 Å². The normalized spacial score (nSPS) is 12.5. The van der Waals surface area contributed by atoms with Crippen LogP contribution in [0.1, 0.15) is 54.6 Å². The van der Waals surface area contributed by atoms with E-state index >= 15 is 0 Å². The summed E-state index contributed by atoms with van der Waals surface area (Å²) < 4.78 is 5.43. The maximum Gasteiger partial charge on any atom is 0.408 e. The van der Waals surface area contributed by atoms with Gasteiger partial charge in [0.25, 0.3) is 5.91 Å². The zero-order valence-electron chi connectivity index (χ0n) is 24.5. The van der Waals surface area contributed by atoms with Crippen molar-refractivity contribution in [2.75, 3.05) is 12.4 Å². The lowest BCUT2D eigenvalue weighted by molar-refractivity contribution is -0.139. The number of rotatable bonds is 9. The predicted octanol–water partition coefficient (Wildman–Crippen LogP) is 5.93. The van der Waals surface area contributed by atoms with Gasteiger partial charge in [0.05, 0.1) is 0 Å². The number of alkyl carbamates (subject to hydrolysis) is 1. The number of amides is 3. The van der Waals surface area contributed by atoms with Crippen LogP contribution in [0.15, 0.2) is 73.3 Å². The minimum absolute atomic E-state index is 0.0826. The molecular weight excluding hydrogens is 518 g/mol. The van der Waals surface area contributed by atoms with E-state index in [0.717, 1.165) is 16.7 Å². The van der Waals surface area contributed by atoms with Gasteiger partial charge in [0.15, 0.2) is 0 Å². The van der Waals surface area contributed by atoms with E-state index in [1.54, 1.807) is 58.2 Å². The molecule has 8 nitrogen and oxygen atoms in total. The number of aromatic hydroxyl groups is 1. The zero-order chi connectivity index (χ0) is 30.3. The van der Waals surface area contributed by atoms with Gasteiger partial charge in [0.2, 0.25) is 5.91 Å². The van der Waals surface area contributed by atoms with Crippen molar-refractivity contribution in [3.8, 4) is 5.75 Å². The minimum Gasteiger partial charge on any atom is -0.508 e. The Morgan fingerprint density at radius 2 is 1.61 bits per heavy atom. The second-order valence-electron chi connectivity index (χ2n) is 11.1. The van der Waals surface area contributed by atoms with Crippen molar-refractivity contribution < 1.29 is 24.2 Å². The van der Waals surface area contributed by atoms with E-state index in [1.165, 1.54) is 17.0 Å². The molecule has 0 fully saturated rings. The van der Waals surface area contributed by atoms with Crippen LogP contribution in [0.4, 0.5) is 10.5 Å². The van der Waals surface area contributed by atoms with Crippen molar-refractivity contribution in [3.05, 3.63) is 101 Å². The molecular formula is C33H39N3O5. The smallest absolute Gasteiger partial charge is 0.408 e. The van der Waals surface area contributed by atoms with E-state index in [1.807, 2.05) is 44.2 Å². The number of benzene rings is 3. The highest BCUT2D eigenvalue weighted by atomic mass is 16.6. The van der Waals surface area contributed by atoms with Gasteiger partial charge in [-0.25, -0.2) is 4.79 Å². The van der Waals surface area contributed by atoms with Crippen LogP contribution in [-0.2, 0) is 20.7 Å². The third-order valence-electron chi connectivity index (χ3n) is 6.54. The van der Waals surface area contributed by atoms with Crippen molar-refractivity contribution >= 4 is 29.7 Å². The SMILES string of the molecule is C=Cc1cccc(C(C(=O)Nc2c(C)cccc2C)N(C)C(=O)C(Cc2ccc(O)cc2)NC(=O)OC(C)(C)C)c1. The molecule has 216 valence electrons. The molecule has 3 N–H and O–H groups in total. The highest BCUT2D eigenvalue weighted by Crippen LogP contribution is 2.27. The Labute approximate surface area is 242 Å². The molecule has 3 rings (SSSR count). The summed E-state index contributed by atoms with van der Waals surface area (Å²) >= 11 is 0. The highest BCUT2D eigenvalue weighted by Gasteiger charge is 2.34. The molecule has 0 aromatic heterocycles. The fourth-order valence-corrected chi connectivity index (χ4v) is 4.50. The summed E-state index contributed by atoms with van der Waals surface area (Å²) in [5.74, 6) is -0.811. The van der Waals surface area contributed by atoms with Gasteiger partial charge < -0.3 is 25.4 Å². The Bertz CT molecular complexity index is 1390. The lowest BCUT2D eigenvalue weighted by Crippen LogP contribution is -2.52. The average molecular weight is 558 g/mol. The van der Waals surface area contributed by atoms with E-state index in [4.69, 9.17) is 4.74 Å². The summed E-state index contributed by atoms with van der Waals surface area (Å²) in [6.07, 6.45) is 1.03. The van der Waals surface area contributed by atoms with Gasteiger partial charge >= 0.3 is 6.09 Å². The average Bonchev–Trinajstić information content (AvgIpc) is 2.90. The Hall–Kier alpha value is -4.59. The molecule has 2 unspecified atom stereocenters. The summed E-state index contributed by atoms with van der Waals surface area (Å²) in [4.78, 5) is 42.1. The van der Waals surface area contributed by atoms with E-state index in [0.29, 0.717) is 16.8 Å². The van der Waals surface area contributed by atoms with Crippen LogP contribution in [0.25, 0.3) is 6.08 Å². The first kappa shape index (κ1) is 30.9. The van der Waals surface area contributed by atoms with Gasteiger partial charge in [-0.2, -0.15) is 0 Å². The van der Waals surface area contributed by atoms with E-state index in [2.05, 4.69) is 17.2 Å². The largest absolute Gasteiger partial charge is 0.508 e. The number of phenols is 1. The Morgan fingerprint density at radius 3 is 2.20 bits per heavy atom. The lowest BCUT2D eigenvalue weighted by Gasteiger charge is -2.32. The fourth-order valence-electron chi connectivity index (χ4n) is 4.50. The number of anilines is 1. The first-order valence-corrected chi connectivity index (χ1v) is 13.4. The van der Waals surface area contributed by atoms with Crippen LogP contribution in [0.3, 0.4) is 0 Å². The predicted molar refractivity (Wildman–Crippen MR) is 162 cm³/mol. The summed E-state index contributed by atoms with van der Waals surface area (Å²) in [5.41, 5.74) is 3.77. The summed E-state index contributed by atoms with van der Waals surface area (Å²) in [6, 6.07) is 17.3. The maximum absolute atomic E-state index is 14.1. The standard InChI is InChI=1S/C33H39N3O5/c1-8-23-13-10-14-25(19-23)29(30(38)35-28-21(2)11-9-12-22(28)3)36(7)31(39)27(34-32(40)41-33(4,5)6)20-24-15-17-26(37)18-16-24/h8-19,27,29,37H,1,20H2,2-7H3,(H,34,40)(H,35,38). The molecule has 41 heavy (non-hydrogen) atoms. The van der Waals surface area contributed by atoms with Crippen molar-refractivity contribution in [2.24, 2.45) is 0 Å². The Morgan fingerprint density at radius 1 is 1.00 bits per heavy atom. The van der Waals surface area contributed by atoms with E-state index < -0.39 is 35.6 Å². The summed E-state index contributed by atoms with van der Waals surface area (Å²) in [7, 11) is 1.54. The number of nitrogens with one attached hydrogen (secondary N) is 2. The molecule has 0 aliphatic carbocycles. The van der Waals surface area contributed by atoms with Crippen LogP contribution in [0.2, 0.25) is 0 Å². The second-order valence-corrected chi connectivity index (χ2v) is 11.1.